The van der Waals surface area contributed by atoms with E-state index in [9.17, 15) is 26.3 Å². The highest BCUT2D eigenvalue weighted by Crippen LogP contribution is 2.35. The van der Waals surface area contributed by atoms with E-state index in [4.69, 9.17) is 0 Å². The van der Waals surface area contributed by atoms with Crippen molar-refractivity contribution in [1.29, 1.82) is 0 Å². The Hall–Kier alpha value is -0.283. The van der Waals surface area contributed by atoms with E-state index >= 15 is 0 Å². The Labute approximate surface area is 77.5 Å². The zero-order valence-corrected chi connectivity index (χ0v) is 8.62. The maximum atomic E-state index is 11.8. The molecule has 0 atom stereocenters. The smallest absolute Gasteiger partial charge is 0.329 e. The average molecular weight is 241 g/mol. The lowest BCUT2D eigenvalue weighted by atomic mass is 10.9. The second kappa shape index (κ2) is 3.70. The van der Waals surface area contributed by atoms with E-state index in [1.165, 1.54) is 19.6 Å². The van der Waals surface area contributed by atoms with E-state index in [2.05, 4.69) is 4.53 Å². The number of rotatable bonds is 2. The normalized spacial score (nSPS) is 15.0. The first-order valence-electron chi connectivity index (χ1n) is 3.47. The van der Waals surface area contributed by atoms with Crippen LogP contribution in [-0.2, 0) is 4.53 Å². The molecule has 0 amide bonds. The van der Waals surface area contributed by atoms with Crippen molar-refractivity contribution in [3.8, 4) is 0 Å². The largest absolute Gasteiger partial charge is 0.489 e. The lowest BCUT2D eigenvalue weighted by molar-refractivity contribution is -0.459. The number of alkyl halides is 6. The van der Waals surface area contributed by atoms with E-state index in [1.54, 1.807) is 0 Å². The minimum atomic E-state index is -5.57. The van der Waals surface area contributed by atoms with Crippen LogP contribution in [0.3, 0.4) is 0 Å². The number of hydroxylamine groups is 2. The zero-order valence-electron chi connectivity index (χ0n) is 7.62. The van der Waals surface area contributed by atoms with Gasteiger partial charge in [0.1, 0.15) is 0 Å². The molecule has 0 aliphatic rings. The average Bonchev–Trinajstić information content (AvgIpc) is 1.75. The summed E-state index contributed by atoms with van der Waals surface area (Å²) in [6, 6.07) is 0. The van der Waals surface area contributed by atoms with Gasteiger partial charge in [-0.05, 0) is 24.7 Å². The lowest BCUT2D eigenvalue weighted by Gasteiger charge is -2.31. The van der Waals surface area contributed by atoms with E-state index in [-0.39, 0.29) is 0 Å². The van der Waals surface area contributed by atoms with Gasteiger partial charge in [-0.3, -0.25) is 0 Å². The molecule has 0 aromatic rings. The highest BCUT2D eigenvalue weighted by molar-refractivity contribution is 6.69. The number of hydrogen-bond acceptors (Lipinski definition) is 2. The van der Waals surface area contributed by atoms with Gasteiger partial charge in [0.2, 0.25) is 8.32 Å². The molecule has 0 spiro atoms. The van der Waals surface area contributed by atoms with Gasteiger partial charge in [0.05, 0.1) is 0 Å². The van der Waals surface area contributed by atoms with Crippen molar-refractivity contribution in [1.82, 2.24) is 5.06 Å². The predicted octanol–water partition coefficient (Wildman–Crippen LogP) is 3.09. The molecule has 0 heterocycles. The molecule has 9 heteroatoms. The van der Waals surface area contributed by atoms with Gasteiger partial charge in [0.15, 0.2) is 0 Å². The quantitative estimate of drug-likeness (QED) is 0.319. The Morgan fingerprint density at radius 2 is 1.14 bits per heavy atom. The van der Waals surface area contributed by atoms with Gasteiger partial charge in [-0.25, -0.2) is 0 Å². The third kappa shape index (κ3) is 4.82. The summed E-state index contributed by atoms with van der Waals surface area (Å²) in [5, 5.41) is -1.85. The molecule has 0 saturated carbocycles. The number of nitrogens with zero attached hydrogens (tertiary/aromatic N) is 1. The molecule has 86 valence electrons. The van der Waals surface area contributed by atoms with Gasteiger partial charge in [0, 0.05) is 0 Å². The SMILES string of the molecule is C[Si](C)(C)ON(C(F)(F)F)C(F)(F)F. The van der Waals surface area contributed by atoms with Crippen LogP contribution in [0.1, 0.15) is 0 Å². The zero-order chi connectivity index (χ0) is 11.8. The van der Waals surface area contributed by atoms with Crippen LogP contribution >= 0.6 is 0 Å². The fourth-order valence-corrected chi connectivity index (χ4v) is 1.28. The molecule has 0 aliphatic carbocycles. The van der Waals surface area contributed by atoms with Crippen molar-refractivity contribution in [3.63, 3.8) is 0 Å². The predicted molar refractivity (Wildman–Crippen MR) is 38.4 cm³/mol. The van der Waals surface area contributed by atoms with Crippen molar-refractivity contribution < 1.29 is 30.9 Å². The third-order valence-electron chi connectivity index (χ3n) is 0.826. The monoisotopic (exact) mass is 241 g/mol. The second-order valence-corrected chi connectivity index (χ2v) is 7.84. The van der Waals surface area contributed by atoms with Gasteiger partial charge in [-0.2, -0.15) is 26.3 Å². The summed E-state index contributed by atoms with van der Waals surface area (Å²) in [6.07, 6.45) is -11.1. The molecule has 0 aliphatic heterocycles. The van der Waals surface area contributed by atoms with Crippen LogP contribution in [0.25, 0.3) is 0 Å². The van der Waals surface area contributed by atoms with Crippen molar-refractivity contribution in [2.45, 2.75) is 32.2 Å². The van der Waals surface area contributed by atoms with Crippen LogP contribution in [0.2, 0.25) is 19.6 Å². The molecule has 0 rings (SSSR count). The molecule has 14 heavy (non-hydrogen) atoms. The Bertz CT molecular complexity index is 180. The molecular formula is C5H9F6NOSi. The number of halogens is 6. The van der Waals surface area contributed by atoms with Crippen LogP contribution < -0.4 is 0 Å². The summed E-state index contributed by atoms with van der Waals surface area (Å²) in [5.41, 5.74) is 0. The van der Waals surface area contributed by atoms with Crippen molar-refractivity contribution in [2.24, 2.45) is 0 Å². The van der Waals surface area contributed by atoms with Crippen molar-refractivity contribution >= 4 is 8.32 Å². The Balaban J connectivity index is 4.78. The Morgan fingerprint density at radius 1 is 0.857 bits per heavy atom. The lowest BCUT2D eigenvalue weighted by Crippen LogP contribution is -2.52. The highest BCUT2D eigenvalue weighted by Gasteiger charge is 2.56. The maximum Gasteiger partial charge on any atom is 0.489 e. The van der Waals surface area contributed by atoms with Crippen molar-refractivity contribution in [3.05, 3.63) is 0 Å². The summed E-state index contributed by atoms with van der Waals surface area (Å²) < 4.78 is 75.0. The van der Waals surface area contributed by atoms with E-state index in [1.807, 2.05) is 0 Å². The summed E-state index contributed by atoms with van der Waals surface area (Å²) in [7, 11) is -2.95. The topological polar surface area (TPSA) is 12.5 Å². The molecule has 0 radical (unpaired) electrons. The van der Waals surface area contributed by atoms with Crippen LogP contribution in [0.5, 0.6) is 0 Å². The first-order valence-corrected chi connectivity index (χ1v) is 6.88. The van der Waals surface area contributed by atoms with Crippen molar-refractivity contribution in [2.75, 3.05) is 0 Å². The molecule has 0 bridgehead atoms. The molecule has 0 unspecified atom stereocenters. The van der Waals surface area contributed by atoms with Gasteiger partial charge in [-0.15, -0.1) is 0 Å². The Morgan fingerprint density at radius 3 is 1.21 bits per heavy atom. The van der Waals surface area contributed by atoms with Gasteiger partial charge in [-0.1, -0.05) is 0 Å². The molecule has 2 nitrogen and oxygen atoms in total. The van der Waals surface area contributed by atoms with Crippen LogP contribution in [0.15, 0.2) is 0 Å². The molecule has 0 fully saturated rings. The summed E-state index contributed by atoms with van der Waals surface area (Å²) in [5.74, 6) is 0. The number of hydrogen-bond donors (Lipinski definition) is 0. The molecule has 0 N–H and O–H groups in total. The fourth-order valence-electron chi connectivity index (χ4n) is 0.521. The Kier molecular flexibility index (Phi) is 3.63. The molecule has 0 aromatic heterocycles. The minimum absolute atomic E-state index is 1.22. The fraction of sp³-hybridized carbons (Fsp3) is 1.00. The molecule has 0 aromatic carbocycles. The van der Waals surface area contributed by atoms with Crippen LogP contribution in [-0.4, -0.2) is 26.0 Å². The molecule has 0 saturated heterocycles. The van der Waals surface area contributed by atoms with Crippen LogP contribution in [0.4, 0.5) is 26.3 Å². The first kappa shape index (κ1) is 13.7. The van der Waals surface area contributed by atoms with E-state index in [0.717, 1.165) is 0 Å². The first-order chi connectivity index (χ1) is 5.84. The summed E-state index contributed by atoms with van der Waals surface area (Å²) in [6.45, 7) is 3.66. The standard InChI is InChI=1S/C5H9F6NOSi/c1-14(2,3)13-12(4(6,7)8)5(9,10)11/h1-3H3. The van der Waals surface area contributed by atoms with Crippen LogP contribution in [0, 0.1) is 0 Å². The minimum Gasteiger partial charge on any atom is -0.329 e. The summed E-state index contributed by atoms with van der Waals surface area (Å²) in [4.78, 5) is 0. The van der Waals surface area contributed by atoms with Gasteiger partial charge >= 0.3 is 12.6 Å². The molecular weight excluding hydrogens is 232 g/mol. The second-order valence-electron chi connectivity index (χ2n) is 3.43. The van der Waals surface area contributed by atoms with Gasteiger partial charge < -0.3 is 4.53 Å². The van der Waals surface area contributed by atoms with Gasteiger partial charge in [0.25, 0.3) is 0 Å². The third-order valence-corrected chi connectivity index (χ3v) is 1.56. The van der Waals surface area contributed by atoms with E-state index < -0.39 is 26.0 Å². The summed E-state index contributed by atoms with van der Waals surface area (Å²) >= 11 is 0. The van der Waals surface area contributed by atoms with E-state index in [0.29, 0.717) is 0 Å². The highest BCUT2D eigenvalue weighted by atomic mass is 28.4. The maximum absolute atomic E-state index is 11.8.